The van der Waals surface area contributed by atoms with E-state index >= 15 is 0 Å². The van der Waals surface area contributed by atoms with Crippen molar-refractivity contribution in [3.63, 3.8) is 0 Å². The van der Waals surface area contributed by atoms with Gasteiger partial charge in [-0.05, 0) is 43.2 Å². The third-order valence-corrected chi connectivity index (χ3v) is 3.93. The van der Waals surface area contributed by atoms with Crippen LogP contribution in [0.4, 0.5) is 0 Å². The second-order valence-electron chi connectivity index (χ2n) is 5.56. The zero-order valence-corrected chi connectivity index (χ0v) is 11.5. The van der Waals surface area contributed by atoms with Gasteiger partial charge in [-0.3, -0.25) is 0 Å². The Morgan fingerprint density at radius 3 is 2.28 bits per heavy atom. The lowest BCUT2D eigenvalue weighted by atomic mass is 9.92. The van der Waals surface area contributed by atoms with Crippen molar-refractivity contribution in [3.05, 3.63) is 35.4 Å². The molecule has 2 nitrogen and oxygen atoms in total. The Kier molecular flexibility index (Phi) is 5.21. The standard InChI is InChI=1S/C16H26N2/c1-2-3-13-4-6-14(7-5-13)12-18-16-10-8-15(17)9-11-16/h4-7,15-16,18H,2-3,8-12,17H2,1H3. The number of hydrogen-bond acceptors (Lipinski definition) is 2. The summed E-state index contributed by atoms with van der Waals surface area (Å²) in [6.45, 7) is 3.22. The van der Waals surface area contributed by atoms with Gasteiger partial charge in [-0.15, -0.1) is 0 Å². The van der Waals surface area contributed by atoms with E-state index in [1.165, 1.54) is 49.7 Å². The van der Waals surface area contributed by atoms with E-state index in [1.54, 1.807) is 0 Å². The number of nitrogens with one attached hydrogen (secondary N) is 1. The summed E-state index contributed by atoms with van der Waals surface area (Å²) in [5.41, 5.74) is 8.76. The molecule has 0 radical (unpaired) electrons. The number of nitrogens with two attached hydrogens (primary N) is 1. The molecule has 0 saturated heterocycles. The lowest BCUT2D eigenvalue weighted by Gasteiger charge is -2.27. The van der Waals surface area contributed by atoms with Crippen LogP contribution >= 0.6 is 0 Å². The molecular weight excluding hydrogens is 220 g/mol. The molecule has 1 fully saturated rings. The third kappa shape index (κ3) is 4.11. The predicted molar refractivity (Wildman–Crippen MR) is 77.5 cm³/mol. The second kappa shape index (κ2) is 6.91. The van der Waals surface area contributed by atoms with Gasteiger partial charge in [-0.2, -0.15) is 0 Å². The van der Waals surface area contributed by atoms with E-state index in [9.17, 15) is 0 Å². The van der Waals surface area contributed by atoms with Crippen molar-refractivity contribution < 1.29 is 0 Å². The molecule has 0 heterocycles. The van der Waals surface area contributed by atoms with Crippen molar-refractivity contribution in [1.29, 1.82) is 0 Å². The van der Waals surface area contributed by atoms with Crippen molar-refractivity contribution in [3.8, 4) is 0 Å². The van der Waals surface area contributed by atoms with E-state index in [1.807, 2.05) is 0 Å². The van der Waals surface area contributed by atoms with Crippen LogP contribution in [0.3, 0.4) is 0 Å². The first-order valence-corrected chi connectivity index (χ1v) is 7.34. The average molecular weight is 246 g/mol. The quantitative estimate of drug-likeness (QED) is 0.838. The van der Waals surface area contributed by atoms with Crippen LogP contribution in [0.1, 0.15) is 50.2 Å². The number of aryl methyl sites for hydroxylation is 1. The first-order chi connectivity index (χ1) is 8.78. The van der Waals surface area contributed by atoms with Crippen LogP contribution in [0.5, 0.6) is 0 Å². The van der Waals surface area contributed by atoms with Crippen LogP contribution in [0.15, 0.2) is 24.3 Å². The lowest BCUT2D eigenvalue weighted by Crippen LogP contribution is -2.37. The smallest absolute Gasteiger partial charge is 0.0208 e. The van der Waals surface area contributed by atoms with Crippen molar-refractivity contribution >= 4 is 0 Å². The summed E-state index contributed by atoms with van der Waals surface area (Å²) in [6.07, 6.45) is 7.22. The van der Waals surface area contributed by atoms with E-state index in [0.717, 1.165) is 6.54 Å². The molecular formula is C16H26N2. The molecule has 0 amide bonds. The third-order valence-electron chi connectivity index (χ3n) is 3.93. The fourth-order valence-corrected chi connectivity index (χ4v) is 2.70. The summed E-state index contributed by atoms with van der Waals surface area (Å²) in [5, 5.41) is 3.65. The van der Waals surface area contributed by atoms with Crippen LogP contribution < -0.4 is 11.1 Å². The SMILES string of the molecule is CCCc1ccc(CNC2CCC(N)CC2)cc1. The molecule has 0 bridgehead atoms. The fourth-order valence-electron chi connectivity index (χ4n) is 2.70. The van der Waals surface area contributed by atoms with Crippen LogP contribution in [-0.2, 0) is 13.0 Å². The molecule has 0 aromatic heterocycles. The maximum atomic E-state index is 5.92. The van der Waals surface area contributed by atoms with Gasteiger partial charge in [0.25, 0.3) is 0 Å². The van der Waals surface area contributed by atoms with Gasteiger partial charge in [0.05, 0.1) is 0 Å². The van der Waals surface area contributed by atoms with Gasteiger partial charge in [0, 0.05) is 18.6 Å². The largest absolute Gasteiger partial charge is 0.328 e. The average Bonchev–Trinajstić information content (AvgIpc) is 2.40. The minimum Gasteiger partial charge on any atom is -0.328 e. The van der Waals surface area contributed by atoms with Crippen molar-refractivity contribution in [1.82, 2.24) is 5.32 Å². The van der Waals surface area contributed by atoms with Gasteiger partial charge < -0.3 is 11.1 Å². The summed E-state index contributed by atoms with van der Waals surface area (Å²) >= 11 is 0. The topological polar surface area (TPSA) is 38.0 Å². The highest BCUT2D eigenvalue weighted by molar-refractivity contribution is 5.22. The minimum atomic E-state index is 0.441. The molecule has 18 heavy (non-hydrogen) atoms. The Labute approximate surface area is 111 Å². The molecule has 1 aromatic rings. The van der Waals surface area contributed by atoms with Gasteiger partial charge in [-0.25, -0.2) is 0 Å². The van der Waals surface area contributed by atoms with E-state index in [-0.39, 0.29) is 0 Å². The summed E-state index contributed by atoms with van der Waals surface area (Å²) in [7, 11) is 0. The molecule has 1 aliphatic carbocycles. The lowest BCUT2D eigenvalue weighted by molar-refractivity contribution is 0.342. The van der Waals surface area contributed by atoms with E-state index < -0.39 is 0 Å². The Morgan fingerprint density at radius 1 is 1.06 bits per heavy atom. The van der Waals surface area contributed by atoms with E-state index in [2.05, 4.69) is 36.5 Å². The number of rotatable bonds is 5. The highest BCUT2D eigenvalue weighted by Crippen LogP contribution is 2.17. The van der Waals surface area contributed by atoms with Crippen LogP contribution in [-0.4, -0.2) is 12.1 Å². The molecule has 1 aliphatic rings. The Hall–Kier alpha value is -0.860. The highest BCUT2D eigenvalue weighted by atomic mass is 14.9. The zero-order chi connectivity index (χ0) is 12.8. The van der Waals surface area contributed by atoms with Crippen molar-refractivity contribution in [2.45, 2.75) is 64.1 Å². The normalized spacial score (nSPS) is 24.1. The van der Waals surface area contributed by atoms with Crippen molar-refractivity contribution in [2.75, 3.05) is 0 Å². The van der Waals surface area contributed by atoms with Gasteiger partial charge in [0.2, 0.25) is 0 Å². The summed E-state index contributed by atoms with van der Waals surface area (Å²) in [6, 6.07) is 10.1. The van der Waals surface area contributed by atoms with Gasteiger partial charge >= 0.3 is 0 Å². The first-order valence-electron chi connectivity index (χ1n) is 7.34. The van der Waals surface area contributed by atoms with E-state index in [0.29, 0.717) is 12.1 Å². The molecule has 3 N–H and O–H groups in total. The fraction of sp³-hybridized carbons (Fsp3) is 0.625. The molecule has 1 aromatic carbocycles. The molecule has 1 saturated carbocycles. The van der Waals surface area contributed by atoms with Crippen LogP contribution in [0, 0.1) is 0 Å². The first kappa shape index (κ1) is 13.6. The second-order valence-corrected chi connectivity index (χ2v) is 5.56. The summed E-state index contributed by atoms with van der Waals surface area (Å²) in [5.74, 6) is 0. The predicted octanol–water partition coefficient (Wildman–Crippen LogP) is 3.00. The maximum absolute atomic E-state index is 5.92. The molecule has 2 rings (SSSR count). The molecule has 100 valence electrons. The highest BCUT2D eigenvalue weighted by Gasteiger charge is 2.17. The van der Waals surface area contributed by atoms with Gasteiger partial charge in [0.1, 0.15) is 0 Å². The van der Waals surface area contributed by atoms with Crippen LogP contribution in [0.25, 0.3) is 0 Å². The molecule has 0 spiro atoms. The Balaban J connectivity index is 1.76. The van der Waals surface area contributed by atoms with Gasteiger partial charge in [0.15, 0.2) is 0 Å². The molecule has 0 unspecified atom stereocenters. The van der Waals surface area contributed by atoms with Gasteiger partial charge in [-0.1, -0.05) is 37.6 Å². The summed E-state index contributed by atoms with van der Waals surface area (Å²) in [4.78, 5) is 0. The summed E-state index contributed by atoms with van der Waals surface area (Å²) < 4.78 is 0. The molecule has 0 atom stereocenters. The zero-order valence-electron chi connectivity index (χ0n) is 11.5. The molecule has 0 aliphatic heterocycles. The number of hydrogen-bond donors (Lipinski definition) is 2. The van der Waals surface area contributed by atoms with E-state index in [4.69, 9.17) is 5.73 Å². The Morgan fingerprint density at radius 2 is 1.67 bits per heavy atom. The monoisotopic (exact) mass is 246 g/mol. The van der Waals surface area contributed by atoms with Crippen molar-refractivity contribution in [2.24, 2.45) is 5.73 Å². The Bertz CT molecular complexity index is 337. The maximum Gasteiger partial charge on any atom is 0.0208 e. The minimum absolute atomic E-state index is 0.441. The number of benzene rings is 1. The molecule has 2 heteroatoms. The van der Waals surface area contributed by atoms with Crippen LogP contribution in [0.2, 0.25) is 0 Å².